The van der Waals surface area contributed by atoms with Crippen molar-refractivity contribution in [1.29, 1.82) is 0 Å². The van der Waals surface area contributed by atoms with Crippen molar-refractivity contribution in [2.75, 3.05) is 0 Å². The van der Waals surface area contributed by atoms with Crippen LogP contribution in [-0.4, -0.2) is 8.76 Å². The van der Waals surface area contributed by atoms with Gasteiger partial charge in [0.2, 0.25) is 0 Å². The van der Waals surface area contributed by atoms with Crippen molar-refractivity contribution in [3.63, 3.8) is 0 Å². The molecule has 0 aliphatic rings. The first-order valence-electron chi connectivity index (χ1n) is 3.46. The van der Waals surface area contributed by atoms with Crippen LogP contribution in [0.1, 0.15) is 17.7 Å². The van der Waals surface area contributed by atoms with Gasteiger partial charge in [0.25, 0.3) is 0 Å². The fourth-order valence-electron chi connectivity index (χ4n) is 0.850. The fourth-order valence-corrected chi connectivity index (χ4v) is 1.24. The Labute approximate surface area is 72.7 Å². The summed E-state index contributed by atoms with van der Waals surface area (Å²) in [5.74, 6) is -0.338. The third-order valence-electron chi connectivity index (χ3n) is 1.64. The van der Waals surface area contributed by atoms with Gasteiger partial charge < -0.3 is 4.55 Å². The molecular formula is C8H9FO2S. The molecule has 1 N–H and O–H groups in total. The average Bonchev–Trinajstić information content (AvgIpc) is 2.04. The quantitative estimate of drug-likeness (QED) is 0.722. The highest BCUT2D eigenvalue weighted by atomic mass is 32.2. The van der Waals surface area contributed by atoms with E-state index in [1.165, 1.54) is 24.3 Å². The molecule has 0 bridgehead atoms. The third kappa shape index (κ3) is 2.12. The zero-order chi connectivity index (χ0) is 9.14. The minimum atomic E-state index is -1.89. The van der Waals surface area contributed by atoms with E-state index in [9.17, 15) is 8.60 Å². The Morgan fingerprint density at radius 1 is 1.42 bits per heavy atom. The Morgan fingerprint density at radius 3 is 2.33 bits per heavy atom. The van der Waals surface area contributed by atoms with Gasteiger partial charge in [0, 0.05) is 0 Å². The molecule has 0 heterocycles. The van der Waals surface area contributed by atoms with Crippen molar-refractivity contribution in [2.24, 2.45) is 0 Å². The number of rotatable bonds is 2. The molecule has 0 aromatic heterocycles. The van der Waals surface area contributed by atoms with E-state index in [0.29, 0.717) is 5.56 Å². The number of halogens is 1. The second-order valence-corrected chi connectivity index (χ2v) is 3.73. The Hall–Kier alpha value is -0.740. The molecule has 0 saturated carbocycles. The van der Waals surface area contributed by atoms with Gasteiger partial charge in [0.15, 0.2) is 11.1 Å². The number of benzene rings is 1. The van der Waals surface area contributed by atoms with E-state index < -0.39 is 16.3 Å². The monoisotopic (exact) mass is 188 g/mol. The lowest BCUT2D eigenvalue weighted by atomic mass is 10.2. The van der Waals surface area contributed by atoms with Gasteiger partial charge in [-0.05, 0) is 24.6 Å². The molecule has 66 valence electrons. The summed E-state index contributed by atoms with van der Waals surface area (Å²) in [6, 6.07) is 5.57. The Morgan fingerprint density at radius 2 is 1.92 bits per heavy atom. The highest BCUT2D eigenvalue weighted by Gasteiger charge is 2.10. The summed E-state index contributed by atoms with van der Waals surface area (Å²) in [5, 5.41) is -0.467. The topological polar surface area (TPSA) is 37.3 Å². The van der Waals surface area contributed by atoms with Crippen molar-refractivity contribution < 1.29 is 13.2 Å². The van der Waals surface area contributed by atoms with Gasteiger partial charge in [-0.15, -0.1) is 0 Å². The van der Waals surface area contributed by atoms with Crippen LogP contribution in [-0.2, 0) is 11.1 Å². The third-order valence-corrected chi connectivity index (χ3v) is 2.52. The van der Waals surface area contributed by atoms with E-state index in [1.807, 2.05) is 0 Å². The van der Waals surface area contributed by atoms with Crippen LogP contribution in [0.4, 0.5) is 4.39 Å². The molecule has 1 aromatic carbocycles. The molecule has 4 heteroatoms. The lowest BCUT2D eigenvalue weighted by Crippen LogP contribution is -2.00. The Balaban J connectivity index is 2.89. The maximum absolute atomic E-state index is 12.4. The van der Waals surface area contributed by atoms with E-state index in [4.69, 9.17) is 4.55 Å². The largest absolute Gasteiger partial charge is 0.306 e. The number of hydrogen-bond acceptors (Lipinski definition) is 1. The second-order valence-electron chi connectivity index (χ2n) is 2.47. The van der Waals surface area contributed by atoms with Crippen LogP contribution in [0.3, 0.4) is 0 Å². The molecule has 2 atom stereocenters. The molecule has 2 unspecified atom stereocenters. The normalized spacial score (nSPS) is 15.6. The molecule has 2 nitrogen and oxygen atoms in total. The molecule has 0 aliphatic carbocycles. The molecule has 0 saturated heterocycles. The average molecular weight is 188 g/mol. The predicted octanol–water partition coefficient (Wildman–Crippen LogP) is 2.11. The second kappa shape index (κ2) is 3.78. The molecule has 0 fully saturated rings. The standard InChI is InChI=1S/C8H9FO2S/c1-6(12(10)11)7-2-4-8(9)5-3-7/h2-6H,1H3,(H,10,11). The maximum Gasteiger partial charge on any atom is 0.160 e. The van der Waals surface area contributed by atoms with E-state index in [0.717, 1.165) is 0 Å². The van der Waals surface area contributed by atoms with Crippen molar-refractivity contribution in [3.05, 3.63) is 35.6 Å². The van der Waals surface area contributed by atoms with Crippen LogP contribution in [0.5, 0.6) is 0 Å². The smallest absolute Gasteiger partial charge is 0.160 e. The van der Waals surface area contributed by atoms with Crippen molar-refractivity contribution >= 4 is 11.1 Å². The van der Waals surface area contributed by atoms with Gasteiger partial charge in [0.05, 0.1) is 5.25 Å². The van der Waals surface area contributed by atoms with Crippen molar-refractivity contribution in [2.45, 2.75) is 12.2 Å². The highest BCUT2D eigenvalue weighted by molar-refractivity contribution is 7.79. The van der Waals surface area contributed by atoms with Gasteiger partial charge in [-0.1, -0.05) is 12.1 Å². The van der Waals surface area contributed by atoms with Gasteiger partial charge in [-0.25, -0.2) is 8.60 Å². The van der Waals surface area contributed by atoms with Gasteiger partial charge in [-0.2, -0.15) is 0 Å². The maximum atomic E-state index is 12.4. The molecule has 0 spiro atoms. The summed E-state index contributed by atoms with van der Waals surface area (Å²) in [5.41, 5.74) is 0.664. The fraction of sp³-hybridized carbons (Fsp3) is 0.250. The van der Waals surface area contributed by atoms with Crippen LogP contribution < -0.4 is 0 Å². The first-order valence-corrected chi connectivity index (χ1v) is 4.63. The molecule has 0 radical (unpaired) electrons. The summed E-state index contributed by atoms with van der Waals surface area (Å²) in [6.07, 6.45) is 0. The lowest BCUT2D eigenvalue weighted by Gasteiger charge is -2.05. The molecule has 0 aliphatic heterocycles. The van der Waals surface area contributed by atoms with Gasteiger partial charge in [0.1, 0.15) is 5.82 Å². The minimum Gasteiger partial charge on any atom is -0.306 e. The van der Waals surface area contributed by atoms with Crippen LogP contribution in [0, 0.1) is 5.82 Å². The zero-order valence-corrected chi connectivity index (χ0v) is 7.34. The summed E-state index contributed by atoms with van der Waals surface area (Å²) in [6.45, 7) is 1.61. The van der Waals surface area contributed by atoms with E-state index >= 15 is 0 Å². The van der Waals surface area contributed by atoms with Crippen LogP contribution >= 0.6 is 0 Å². The molecular weight excluding hydrogens is 179 g/mol. The van der Waals surface area contributed by atoms with Crippen molar-refractivity contribution in [3.8, 4) is 0 Å². The van der Waals surface area contributed by atoms with Crippen LogP contribution in [0.2, 0.25) is 0 Å². The number of hydrogen-bond donors (Lipinski definition) is 1. The highest BCUT2D eigenvalue weighted by Crippen LogP contribution is 2.17. The zero-order valence-electron chi connectivity index (χ0n) is 6.53. The summed E-state index contributed by atoms with van der Waals surface area (Å²) >= 11 is -1.89. The summed E-state index contributed by atoms with van der Waals surface area (Å²) < 4.78 is 31.7. The molecule has 0 amide bonds. The summed E-state index contributed by atoms with van der Waals surface area (Å²) in [4.78, 5) is 0. The predicted molar refractivity (Wildman–Crippen MR) is 45.6 cm³/mol. The summed E-state index contributed by atoms with van der Waals surface area (Å²) in [7, 11) is 0. The molecule has 1 rings (SSSR count). The minimum absolute atomic E-state index is 0.338. The molecule has 12 heavy (non-hydrogen) atoms. The first-order chi connectivity index (χ1) is 5.61. The van der Waals surface area contributed by atoms with Crippen molar-refractivity contribution in [1.82, 2.24) is 0 Å². The lowest BCUT2D eigenvalue weighted by molar-refractivity contribution is 0.553. The van der Waals surface area contributed by atoms with E-state index in [-0.39, 0.29) is 5.82 Å². The van der Waals surface area contributed by atoms with Gasteiger partial charge in [-0.3, -0.25) is 0 Å². The van der Waals surface area contributed by atoms with Gasteiger partial charge >= 0.3 is 0 Å². The van der Waals surface area contributed by atoms with Crippen LogP contribution in [0.15, 0.2) is 24.3 Å². The Kier molecular flexibility index (Phi) is 2.94. The van der Waals surface area contributed by atoms with Crippen LogP contribution in [0.25, 0.3) is 0 Å². The van der Waals surface area contributed by atoms with E-state index in [2.05, 4.69) is 0 Å². The molecule has 1 aromatic rings. The first kappa shape index (κ1) is 9.35. The SMILES string of the molecule is CC(c1ccc(F)cc1)S(=O)O. The van der Waals surface area contributed by atoms with E-state index in [1.54, 1.807) is 6.92 Å². The Bertz CT molecular complexity index is 284.